The van der Waals surface area contributed by atoms with Crippen molar-refractivity contribution in [2.24, 2.45) is 5.92 Å². The van der Waals surface area contributed by atoms with Gasteiger partial charge in [0.25, 0.3) is 0 Å². The molecule has 1 saturated heterocycles. The maximum Gasteiger partial charge on any atom is 0.240 e. The lowest BCUT2D eigenvalue weighted by Gasteiger charge is -2.33. The smallest absolute Gasteiger partial charge is 0.240 e. The Morgan fingerprint density at radius 3 is 2.87 bits per heavy atom. The maximum atomic E-state index is 12.1. The first-order valence-electron chi connectivity index (χ1n) is 6.22. The fourth-order valence-electron chi connectivity index (χ4n) is 2.45. The summed E-state index contributed by atoms with van der Waals surface area (Å²) in [5.41, 5.74) is -0.306. The topological polar surface area (TPSA) is 41.1 Å². The van der Waals surface area contributed by atoms with Gasteiger partial charge in [-0.25, -0.2) is 0 Å². The molecule has 0 aromatic heterocycles. The van der Waals surface area contributed by atoms with Crippen molar-refractivity contribution in [2.75, 3.05) is 6.54 Å². The summed E-state index contributed by atoms with van der Waals surface area (Å²) in [4.78, 5) is 12.1. The molecule has 3 unspecified atom stereocenters. The van der Waals surface area contributed by atoms with Crippen LogP contribution in [0.15, 0.2) is 0 Å². The normalized spacial score (nSPS) is 39.9. The van der Waals surface area contributed by atoms with Crippen molar-refractivity contribution >= 4 is 5.91 Å². The lowest BCUT2D eigenvalue weighted by molar-refractivity contribution is -0.128. The van der Waals surface area contributed by atoms with Gasteiger partial charge in [0.2, 0.25) is 5.91 Å². The van der Waals surface area contributed by atoms with E-state index in [1.807, 2.05) is 6.92 Å². The van der Waals surface area contributed by atoms with Crippen molar-refractivity contribution in [2.45, 2.75) is 57.5 Å². The van der Waals surface area contributed by atoms with Crippen molar-refractivity contribution in [3.8, 4) is 0 Å². The molecule has 0 bridgehead atoms. The van der Waals surface area contributed by atoms with Gasteiger partial charge in [-0.1, -0.05) is 13.3 Å². The van der Waals surface area contributed by atoms with E-state index in [1.54, 1.807) is 0 Å². The molecular weight excluding hydrogens is 188 g/mol. The third kappa shape index (κ3) is 2.33. The van der Waals surface area contributed by atoms with E-state index in [-0.39, 0.29) is 11.4 Å². The number of nitrogens with one attached hydrogen (secondary N) is 2. The minimum Gasteiger partial charge on any atom is -0.351 e. The number of piperidine rings is 1. The van der Waals surface area contributed by atoms with Crippen LogP contribution in [0.25, 0.3) is 0 Å². The monoisotopic (exact) mass is 210 g/mol. The molecule has 1 aliphatic carbocycles. The summed E-state index contributed by atoms with van der Waals surface area (Å²) < 4.78 is 0. The van der Waals surface area contributed by atoms with Crippen molar-refractivity contribution in [1.82, 2.24) is 10.6 Å². The van der Waals surface area contributed by atoms with Gasteiger partial charge in [-0.2, -0.15) is 0 Å². The molecule has 2 rings (SSSR count). The second-order valence-corrected chi connectivity index (χ2v) is 5.20. The van der Waals surface area contributed by atoms with Crippen molar-refractivity contribution in [3.63, 3.8) is 0 Å². The Balaban J connectivity index is 1.84. The van der Waals surface area contributed by atoms with Crippen LogP contribution in [0, 0.1) is 5.92 Å². The fourth-order valence-corrected chi connectivity index (χ4v) is 2.45. The van der Waals surface area contributed by atoms with Crippen molar-refractivity contribution in [1.29, 1.82) is 0 Å². The van der Waals surface area contributed by atoms with Crippen molar-refractivity contribution in [3.05, 3.63) is 0 Å². The van der Waals surface area contributed by atoms with Crippen LogP contribution in [0.3, 0.4) is 0 Å². The lowest BCUT2D eigenvalue weighted by atomic mass is 9.90. The van der Waals surface area contributed by atoms with Crippen LogP contribution in [-0.4, -0.2) is 24.0 Å². The first-order valence-corrected chi connectivity index (χ1v) is 6.22. The Bertz CT molecular complexity index is 246. The molecule has 3 heteroatoms. The zero-order valence-electron chi connectivity index (χ0n) is 9.81. The molecule has 2 aliphatic rings. The second kappa shape index (κ2) is 4.12. The highest BCUT2D eigenvalue weighted by Crippen LogP contribution is 2.33. The Hall–Kier alpha value is -0.570. The van der Waals surface area contributed by atoms with Crippen LogP contribution >= 0.6 is 0 Å². The minimum atomic E-state index is -0.306. The Morgan fingerprint density at radius 1 is 1.53 bits per heavy atom. The Labute approximate surface area is 92.0 Å². The first kappa shape index (κ1) is 10.9. The number of carbonyl (C=O) groups is 1. The summed E-state index contributed by atoms with van der Waals surface area (Å²) in [6.07, 6.45) is 5.71. The SMILES string of the molecule is CCC1CC1NC(=O)C1(C)CCCCN1. The van der Waals surface area contributed by atoms with Gasteiger partial charge in [0.1, 0.15) is 0 Å². The van der Waals surface area contributed by atoms with E-state index >= 15 is 0 Å². The summed E-state index contributed by atoms with van der Waals surface area (Å²) in [5.74, 6) is 0.948. The molecule has 3 atom stereocenters. The van der Waals surface area contributed by atoms with Crippen LogP contribution in [0.2, 0.25) is 0 Å². The molecule has 0 aromatic rings. The van der Waals surface area contributed by atoms with Crippen LogP contribution in [0.5, 0.6) is 0 Å². The first-order chi connectivity index (χ1) is 7.15. The van der Waals surface area contributed by atoms with E-state index in [1.165, 1.54) is 25.7 Å². The fraction of sp³-hybridized carbons (Fsp3) is 0.917. The quantitative estimate of drug-likeness (QED) is 0.740. The van der Waals surface area contributed by atoms with E-state index in [0.717, 1.165) is 18.9 Å². The van der Waals surface area contributed by atoms with Crippen LogP contribution in [-0.2, 0) is 4.79 Å². The molecule has 2 N–H and O–H groups in total. The highest BCUT2D eigenvalue weighted by Gasteiger charge is 2.41. The summed E-state index contributed by atoms with van der Waals surface area (Å²) in [6, 6.07) is 0.461. The van der Waals surface area contributed by atoms with Crippen LogP contribution < -0.4 is 10.6 Å². The zero-order chi connectivity index (χ0) is 10.9. The molecular formula is C12H22N2O. The third-order valence-corrected chi connectivity index (χ3v) is 3.88. The van der Waals surface area contributed by atoms with E-state index in [9.17, 15) is 4.79 Å². The summed E-state index contributed by atoms with van der Waals surface area (Å²) in [5, 5.41) is 6.51. The predicted molar refractivity (Wildman–Crippen MR) is 60.6 cm³/mol. The molecule has 2 fully saturated rings. The molecule has 86 valence electrons. The number of amides is 1. The predicted octanol–water partition coefficient (Wildman–Crippen LogP) is 1.43. The Morgan fingerprint density at radius 2 is 2.33 bits per heavy atom. The van der Waals surface area contributed by atoms with Gasteiger partial charge in [-0.15, -0.1) is 0 Å². The van der Waals surface area contributed by atoms with Crippen LogP contribution in [0.1, 0.15) is 46.0 Å². The van der Waals surface area contributed by atoms with Crippen LogP contribution in [0.4, 0.5) is 0 Å². The molecule has 1 aliphatic heterocycles. The molecule has 1 saturated carbocycles. The number of hydrogen-bond donors (Lipinski definition) is 2. The Kier molecular flexibility index (Phi) is 3.01. The molecule has 15 heavy (non-hydrogen) atoms. The van der Waals surface area contributed by atoms with Gasteiger partial charge in [0, 0.05) is 6.04 Å². The van der Waals surface area contributed by atoms with Gasteiger partial charge < -0.3 is 10.6 Å². The highest BCUT2D eigenvalue weighted by atomic mass is 16.2. The molecule has 1 heterocycles. The van der Waals surface area contributed by atoms with Gasteiger partial charge in [0.05, 0.1) is 5.54 Å². The molecule has 0 aromatic carbocycles. The lowest BCUT2D eigenvalue weighted by Crippen LogP contribution is -2.57. The number of rotatable bonds is 3. The average Bonchev–Trinajstić information content (AvgIpc) is 2.97. The number of carbonyl (C=O) groups excluding carboxylic acids is 1. The largest absolute Gasteiger partial charge is 0.351 e. The van der Waals surface area contributed by atoms with Gasteiger partial charge in [0.15, 0.2) is 0 Å². The van der Waals surface area contributed by atoms with Gasteiger partial charge >= 0.3 is 0 Å². The van der Waals surface area contributed by atoms with Crippen molar-refractivity contribution < 1.29 is 4.79 Å². The minimum absolute atomic E-state index is 0.211. The molecule has 1 amide bonds. The molecule has 3 nitrogen and oxygen atoms in total. The van der Waals surface area contributed by atoms with E-state index < -0.39 is 0 Å². The summed E-state index contributed by atoms with van der Waals surface area (Å²) in [6.45, 7) is 5.20. The van der Waals surface area contributed by atoms with Gasteiger partial charge in [-0.3, -0.25) is 4.79 Å². The maximum absolute atomic E-state index is 12.1. The van der Waals surface area contributed by atoms with E-state index in [0.29, 0.717) is 6.04 Å². The third-order valence-electron chi connectivity index (χ3n) is 3.88. The zero-order valence-corrected chi connectivity index (χ0v) is 9.81. The number of hydrogen-bond acceptors (Lipinski definition) is 2. The summed E-state index contributed by atoms with van der Waals surface area (Å²) >= 11 is 0. The standard InChI is InChI=1S/C12H22N2O/c1-3-9-8-10(9)14-11(15)12(2)6-4-5-7-13-12/h9-10,13H,3-8H2,1-2H3,(H,14,15). The van der Waals surface area contributed by atoms with E-state index in [4.69, 9.17) is 0 Å². The molecule has 0 spiro atoms. The molecule has 0 radical (unpaired) electrons. The highest BCUT2D eigenvalue weighted by molar-refractivity contribution is 5.86. The van der Waals surface area contributed by atoms with E-state index in [2.05, 4.69) is 17.6 Å². The van der Waals surface area contributed by atoms with Gasteiger partial charge in [-0.05, 0) is 45.1 Å². The second-order valence-electron chi connectivity index (χ2n) is 5.20. The average molecular weight is 210 g/mol. The summed E-state index contributed by atoms with van der Waals surface area (Å²) in [7, 11) is 0.